The van der Waals surface area contributed by atoms with Crippen LogP contribution in [0, 0.1) is 13.8 Å². The molecule has 0 radical (unpaired) electrons. The van der Waals surface area contributed by atoms with Crippen LogP contribution in [-0.4, -0.2) is 5.78 Å². The number of hydrogen-bond donors (Lipinski definition) is 0. The summed E-state index contributed by atoms with van der Waals surface area (Å²) in [6, 6.07) is 25.2. The highest BCUT2D eigenvalue weighted by Crippen LogP contribution is 2.49. The van der Waals surface area contributed by atoms with Crippen LogP contribution in [0.25, 0.3) is 0 Å². The highest BCUT2D eigenvalue weighted by Gasteiger charge is 2.45. The number of ketones is 1. The third-order valence-corrected chi connectivity index (χ3v) is 5.13. The van der Waals surface area contributed by atoms with Crippen LogP contribution >= 0.6 is 0 Å². The van der Waals surface area contributed by atoms with E-state index in [0.29, 0.717) is 6.42 Å². The second-order valence-corrected chi connectivity index (χ2v) is 6.79. The molecule has 0 saturated heterocycles. The van der Waals surface area contributed by atoms with Crippen LogP contribution in [0.3, 0.4) is 0 Å². The molecule has 1 heteroatoms. The van der Waals surface area contributed by atoms with E-state index < -0.39 is 0 Å². The highest BCUT2D eigenvalue weighted by molar-refractivity contribution is 6.04. The minimum Gasteiger partial charge on any atom is -0.294 e. The second-order valence-electron chi connectivity index (χ2n) is 6.79. The molecule has 4 rings (SSSR count). The molecule has 0 fully saturated rings. The van der Waals surface area contributed by atoms with Crippen molar-refractivity contribution in [3.63, 3.8) is 0 Å². The van der Waals surface area contributed by atoms with E-state index in [0.717, 1.165) is 11.1 Å². The van der Waals surface area contributed by atoms with Gasteiger partial charge >= 0.3 is 0 Å². The Hall–Kier alpha value is -2.67. The zero-order chi connectivity index (χ0) is 16.7. The Labute approximate surface area is 143 Å². The molecule has 1 aliphatic carbocycles. The highest BCUT2D eigenvalue weighted by atomic mass is 16.1. The van der Waals surface area contributed by atoms with E-state index in [9.17, 15) is 4.79 Å². The molecule has 24 heavy (non-hydrogen) atoms. The molecule has 0 unspecified atom stereocenters. The lowest BCUT2D eigenvalue weighted by molar-refractivity contribution is 0.0984. The Balaban J connectivity index is 2.08. The fourth-order valence-corrected chi connectivity index (χ4v) is 4.03. The molecule has 0 saturated carbocycles. The predicted octanol–water partition coefficient (Wildman–Crippen LogP) is 5.22. The van der Waals surface area contributed by atoms with Gasteiger partial charge in [-0.1, -0.05) is 83.9 Å². The van der Waals surface area contributed by atoms with Crippen molar-refractivity contribution < 1.29 is 4.79 Å². The van der Waals surface area contributed by atoms with Crippen LogP contribution in [-0.2, 0) is 5.41 Å². The number of fused-ring (bicyclic) bond motifs is 1. The minimum atomic E-state index is -0.383. The van der Waals surface area contributed by atoms with Gasteiger partial charge in [0.15, 0.2) is 5.78 Å². The van der Waals surface area contributed by atoms with Gasteiger partial charge < -0.3 is 0 Å². The van der Waals surface area contributed by atoms with Gasteiger partial charge in [0.25, 0.3) is 0 Å². The van der Waals surface area contributed by atoms with Gasteiger partial charge in [-0.3, -0.25) is 4.79 Å². The molecule has 1 nitrogen and oxygen atoms in total. The quantitative estimate of drug-likeness (QED) is 0.633. The van der Waals surface area contributed by atoms with Gasteiger partial charge in [-0.2, -0.15) is 0 Å². The van der Waals surface area contributed by atoms with Crippen molar-refractivity contribution in [1.82, 2.24) is 0 Å². The number of rotatable bonds is 2. The largest absolute Gasteiger partial charge is 0.294 e. The van der Waals surface area contributed by atoms with E-state index in [2.05, 4.69) is 68.4 Å². The Morgan fingerprint density at radius 1 is 0.750 bits per heavy atom. The molecule has 0 heterocycles. The molecule has 0 N–H and O–H groups in total. The van der Waals surface area contributed by atoms with Crippen LogP contribution in [0.1, 0.15) is 44.6 Å². The number of Topliss-reactive ketones (excluding diaryl/α,β-unsaturated/α-hetero) is 1. The maximum atomic E-state index is 12.8. The molecule has 0 bridgehead atoms. The predicted molar refractivity (Wildman–Crippen MR) is 97.6 cm³/mol. The lowest BCUT2D eigenvalue weighted by Gasteiger charge is -2.32. The first-order valence-electron chi connectivity index (χ1n) is 8.38. The topological polar surface area (TPSA) is 17.1 Å². The molecule has 0 atom stereocenters. The summed E-state index contributed by atoms with van der Waals surface area (Å²) in [6.07, 6.45) is 0.499. The third kappa shape index (κ3) is 2.12. The summed E-state index contributed by atoms with van der Waals surface area (Å²) in [4.78, 5) is 12.8. The zero-order valence-corrected chi connectivity index (χ0v) is 14.0. The molecule has 0 amide bonds. The molecule has 0 aliphatic heterocycles. The van der Waals surface area contributed by atoms with Gasteiger partial charge in [0, 0.05) is 12.0 Å². The van der Waals surface area contributed by atoms with Crippen molar-refractivity contribution in [3.05, 3.63) is 106 Å². The summed E-state index contributed by atoms with van der Waals surface area (Å²) >= 11 is 0. The number of benzene rings is 3. The molecule has 118 valence electrons. The standard InChI is InChI=1S/C23H20O/c1-16-7-5-9-18(13-16)23(19-10-6-8-17(2)14-19)15-22(24)20-11-3-4-12-21(20)23/h3-14H,15H2,1-2H3. The summed E-state index contributed by atoms with van der Waals surface area (Å²) in [6.45, 7) is 4.21. The molecule has 3 aromatic rings. The monoisotopic (exact) mass is 312 g/mol. The summed E-state index contributed by atoms with van der Waals surface area (Å²) in [5, 5.41) is 0. The van der Waals surface area contributed by atoms with Gasteiger partial charge in [0.1, 0.15) is 0 Å². The Kier molecular flexibility index (Phi) is 3.38. The van der Waals surface area contributed by atoms with E-state index in [-0.39, 0.29) is 11.2 Å². The average Bonchev–Trinajstić information content (AvgIpc) is 2.89. The van der Waals surface area contributed by atoms with Crippen LogP contribution in [0.15, 0.2) is 72.8 Å². The molecular weight excluding hydrogens is 292 g/mol. The van der Waals surface area contributed by atoms with Crippen LogP contribution in [0.4, 0.5) is 0 Å². The van der Waals surface area contributed by atoms with Gasteiger partial charge in [-0.25, -0.2) is 0 Å². The SMILES string of the molecule is Cc1cccc(C2(c3cccc(C)c3)CC(=O)c3ccccc32)c1. The number of carbonyl (C=O) groups is 1. The maximum absolute atomic E-state index is 12.8. The molecule has 0 spiro atoms. The Bertz CT molecular complexity index is 891. The summed E-state index contributed by atoms with van der Waals surface area (Å²) < 4.78 is 0. The Morgan fingerprint density at radius 3 is 1.92 bits per heavy atom. The van der Waals surface area contributed by atoms with Crippen LogP contribution in [0.2, 0.25) is 0 Å². The van der Waals surface area contributed by atoms with E-state index >= 15 is 0 Å². The van der Waals surface area contributed by atoms with Crippen molar-refractivity contribution in [1.29, 1.82) is 0 Å². The smallest absolute Gasteiger partial charge is 0.164 e. The maximum Gasteiger partial charge on any atom is 0.164 e. The number of carbonyl (C=O) groups excluding carboxylic acids is 1. The van der Waals surface area contributed by atoms with Crippen molar-refractivity contribution in [3.8, 4) is 0 Å². The fraction of sp³-hybridized carbons (Fsp3) is 0.174. The number of hydrogen-bond acceptors (Lipinski definition) is 1. The lowest BCUT2D eigenvalue weighted by Crippen LogP contribution is -2.27. The first-order valence-corrected chi connectivity index (χ1v) is 8.38. The zero-order valence-electron chi connectivity index (χ0n) is 14.0. The van der Waals surface area contributed by atoms with Crippen molar-refractivity contribution in [2.75, 3.05) is 0 Å². The summed E-state index contributed by atoms with van der Waals surface area (Å²) in [5.74, 6) is 0.230. The molecular formula is C23H20O. The lowest BCUT2D eigenvalue weighted by atomic mass is 9.70. The van der Waals surface area contributed by atoms with E-state index in [4.69, 9.17) is 0 Å². The van der Waals surface area contributed by atoms with Crippen LogP contribution in [0.5, 0.6) is 0 Å². The normalized spacial score (nSPS) is 15.3. The average molecular weight is 312 g/mol. The van der Waals surface area contributed by atoms with E-state index in [1.807, 2.05) is 18.2 Å². The second kappa shape index (κ2) is 5.45. The molecule has 0 aromatic heterocycles. The summed E-state index contributed by atoms with van der Waals surface area (Å²) in [7, 11) is 0. The van der Waals surface area contributed by atoms with E-state index in [1.54, 1.807) is 0 Å². The summed E-state index contributed by atoms with van der Waals surface area (Å²) in [5.41, 5.74) is 6.45. The van der Waals surface area contributed by atoms with Crippen molar-refractivity contribution in [2.45, 2.75) is 25.7 Å². The van der Waals surface area contributed by atoms with Gasteiger partial charge in [0.2, 0.25) is 0 Å². The number of aryl methyl sites for hydroxylation is 2. The van der Waals surface area contributed by atoms with Gasteiger partial charge in [-0.05, 0) is 30.5 Å². The molecule has 1 aliphatic rings. The first kappa shape index (κ1) is 14.9. The van der Waals surface area contributed by atoms with Gasteiger partial charge in [-0.15, -0.1) is 0 Å². The Morgan fingerprint density at radius 2 is 1.33 bits per heavy atom. The van der Waals surface area contributed by atoms with Crippen LogP contribution < -0.4 is 0 Å². The first-order chi connectivity index (χ1) is 11.6. The third-order valence-electron chi connectivity index (χ3n) is 5.13. The van der Waals surface area contributed by atoms with Crippen molar-refractivity contribution in [2.24, 2.45) is 0 Å². The van der Waals surface area contributed by atoms with Gasteiger partial charge in [0.05, 0.1) is 5.41 Å². The molecule has 3 aromatic carbocycles. The van der Waals surface area contributed by atoms with Crippen molar-refractivity contribution >= 4 is 5.78 Å². The van der Waals surface area contributed by atoms with E-state index in [1.165, 1.54) is 22.3 Å². The fourth-order valence-electron chi connectivity index (χ4n) is 4.03. The minimum absolute atomic E-state index is 0.230.